The fourth-order valence-corrected chi connectivity index (χ4v) is 5.08. The third-order valence-electron chi connectivity index (χ3n) is 6.94. The van der Waals surface area contributed by atoms with Crippen LogP contribution in [-0.4, -0.2) is 22.2 Å². The maximum absolute atomic E-state index is 11.4. The van der Waals surface area contributed by atoms with Gasteiger partial charge in [-0.15, -0.1) is 0 Å². The largest absolute Gasteiger partial charge is 0.478 e. The number of hydrogen-bond acceptors (Lipinski definition) is 2. The van der Waals surface area contributed by atoms with Crippen LogP contribution in [0.3, 0.4) is 0 Å². The number of aryl methyl sites for hydroxylation is 5. The number of fused-ring (bicyclic) bond motifs is 1. The van der Waals surface area contributed by atoms with Crippen LogP contribution in [0.5, 0.6) is 0 Å². The van der Waals surface area contributed by atoms with E-state index < -0.39 is 11.9 Å². The van der Waals surface area contributed by atoms with E-state index in [0.717, 1.165) is 41.5 Å². The highest BCUT2D eigenvalue weighted by molar-refractivity contribution is 6.31. The number of hydrogen-bond donors (Lipinski definition) is 2. The maximum Gasteiger partial charge on any atom is 0.336 e. The van der Waals surface area contributed by atoms with Gasteiger partial charge in [0.15, 0.2) is 0 Å². The molecule has 0 aliphatic carbocycles. The van der Waals surface area contributed by atoms with Crippen molar-refractivity contribution in [2.75, 3.05) is 0 Å². The van der Waals surface area contributed by atoms with E-state index in [1.54, 1.807) is 18.2 Å². The second-order valence-electron chi connectivity index (χ2n) is 9.84. The Bertz CT molecular complexity index is 1670. The minimum absolute atomic E-state index is 0.265. The topological polar surface area (TPSA) is 74.6 Å². The van der Waals surface area contributed by atoms with E-state index in [4.69, 9.17) is 28.3 Å². The monoisotopic (exact) mass is 584 g/mol. The Kier molecular flexibility index (Phi) is 10.2. The van der Waals surface area contributed by atoms with E-state index in [-0.39, 0.29) is 5.56 Å². The van der Waals surface area contributed by atoms with Gasteiger partial charge in [0.25, 0.3) is 0 Å². The summed E-state index contributed by atoms with van der Waals surface area (Å²) < 4.78 is 0. The van der Waals surface area contributed by atoms with Crippen LogP contribution in [0, 0.1) is 6.92 Å². The molecule has 0 radical (unpaired) electrons. The SMILES string of the molecule is Cc1ccc(CCc2cccc3ccccc23)c(C(=O)O)c1.O=C(O)c1cc(Cl)ccc1CCc1ccc(Cl)cc1. The molecule has 208 valence electrons. The average Bonchev–Trinajstić information content (AvgIpc) is 2.97. The molecule has 5 aromatic carbocycles. The molecule has 0 heterocycles. The van der Waals surface area contributed by atoms with Crippen molar-refractivity contribution >= 4 is 45.9 Å². The molecule has 2 N–H and O–H groups in total. The summed E-state index contributed by atoms with van der Waals surface area (Å²) in [5, 5.41) is 22.1. The van der Waals surface area contributed by atoms with E-state index in [2.05, 4.69) is 30.3 Å². The van der Waals surface area contributed by atoms with Gasteiger partial charge in [-0.3, -0.25) is 0 Å². The van der Waals surface area contributed by atoms with Gasteiger partial charge in [-0.1, -0.05) is 102 Å². The Labute approximate surface area is 249 Å². The molecule has 0 amide bonds. The second kappa shape index (κ2) is 14.0. The van der Waals surface area contributed by atoms with Crippen molar-refractivity contribution in [2.45, 2.75) is 32.6 Å². The van der Waals surface area contributed by atoms with Crippen molar-refractivity contribution in [3.63, 3.8) is 0 Å². The minimum atomic E-state index is -0.950. The standard InChI is InChI=1S/C20H18O2.C15H12Cl2O2/c1-14-9-10-17(19(13-14)20(21)22)12-11-16-7-4-6-15-5-2-3-8-18(15)16;16-12-6-2-10(3-7-12)1-4-11-5-8-13(17)9-14(11)15(18)19/h2-10,13H,11-12H2,1H3,(H,21,22);2-3,5-9H,1,4H2,(H,18,19). The highest BCUT2D eigenvalue weighted by atomic mass is 35.5. The van der Waals surface area contributed by atoms with Crippen LogP contribution in [0.15, 0.2) is 103 Å². The Balaban J connectivity index is 0.000000191. The van der Waals surface area contributed by atoms with Crippen molar-refractivity contribution < 1.29 is 19.8 Å². The maximum atomic E-state index is 11.4. The van der Waals surface area contributed by atoms with Gasteiger partial charge in [0.05, 0.1) is 11.1 Å². The van der Waals surface area contributed by atoms with Crippen LogP contribution in [0.1, 0.15) is 48.5 Å². The zero-order valence-corrected chi connectivity index (χ0v) is 24.1. The first-order chi connectivity index (χ1) is 19.7. The molecule has 6 heteroatoms. The Morgan fingerprint density at radius 1 is 0.585 bits per heavy atom. The Hall–Kier alpha value is -4.12. The predicted octanol–water partition coefficient (Wildman–Crippen LogP) is 9.11. The number of carboxylic acid groups (broad SMARTS) is 2. The molecular weight excluding hydrogens is 555 g/mol. The molecule has 41 heavy (non-hydrogen) atoms. The molecule has 0 atom stereocenters. The first kappa shape index (κ1) is 29.9. The summed E-state index contributed by atoms with van der Waals surface area (Å²) in [4.78, 5) is 22.6. The lowest BCUT2D eigenvalue weighted by molar-refractivity contribution is 0.0684. The lowest BCUT2D eigenvalue weighted by Gasteiger charge is -2.09. The van der Waals surface area contributed by atoms with Crippen LogP contribution in [0.2, 0.25) is 10.0 Å². The molecule has 0 unspecified atom stereocenters. The van der Waals surface area contributed by atoms with Gasteiger partial charge < -0.3 is 10.2 Å². The number of carboxylic acids is 2. The molecule has 0 saturated carbocycles. The summed E-state index contributed by atoms with van der Waals surface area (Å²) in [6.07, 6.45) is 2.99. The lowest BCUT2D eigenvalue weighted by atomic mass is 9.95. The van der Waals surface area contributed by atoms with Gasteiger partial charge >= 0.3 is 11.9 Å². The van der Waals surface area contributed by atoms with Crippen molar-refractivity contribution in [3.05, 3.63) is 152 Å². The normalized spacial score (nSPS) is 10.6. The zero-order chi connectivity index (χ0) is 29.4. The van der Waals surface area contributed by atoms with E-state index in [0.29, 0.717) is 22.0 Å². The molecule has 4 nitrogen and oxygen atoms in total. The van der Waals surface area contributed by atoms with Gasteiger partial charge in [0.2, 0.25) is 0 Å². The summed E-state index contributed by atoms with van der Waals surface area (Å²) >= 11 is 11.6. The molecule has 0 spiro atoms. The summed E-state index contributed by atoms with van der Waals surface area (Å²) in [5.74, 6) is -1.80. The van der Waals surface area contributed by atoms with Gasteiger partial charge in [-0.2, -0.15) is 0 Å². The smallest absolute Gasteiger partial charge is 0.336 e. The second-order valence-corrected chi connectivity index (χ2v) is 10.7. The first-order valence-electron chi connectivity index (χ1n) is 13.3. The van der Waals surface area contributed by atoms with Crippen LogP contribution >= 0.6 is 23.2 Å². The van der Waals surface area contributed by atoms with E-state index in [1.165, 1.54) is 22.4 Å². The van der Waals surface area contributed by atoms with Crippen molar-refractivity contribution in [1.82, 2.24) is 0 Å². The summed E-state index contributed by atoms with van der Waals surface area (Å²) in [6, 6.07) is 32.8. The molecule has 5 rings (SSSR count). The molecular formula is C35H30Cl2O4. The van der Waals surface area contributed by atoms with Crippen LogP contribution in [0.4, 0.5) is 0 Å². The van der Waals surface area contributed by atoms with Gasteiger partial charge in [0, 0.05) is 10.0 Å². The number of aromatic carboxylic acids is 2. The molecule has 0 aromatic heterocycles. The third kappa shape index (κ3) is 8.20. The van der Waals surface area contributed by atoms with Crippen molar-refractivity contribution in [2.24, 2.45) is 0 Å². The van der Waals surface area contributed by atoms with E-state index in [9.17, 15) is 14.7 Å². The number of rotatable bonds is 8. The van der Waals surface area contributed by atoms with Crippen LogP contribution in [-0.2, 0) is 25.7 Å². The number of benzene rings is 5. The quantitative estimate of drug-likeness (QED) is 0.191. The van der Waals surface area contributed by atoms with Crippen molar-refractivity contribution in [3.8, 4) is 0 Å². The lowest BCUT2D eigenvalue weighted by Crippen LogP contribution is -2.04. The van der Waals surface area contributed by atoms with Crippen LogP contribution < -0.4 is 0 Å². The molecule has 0 bridgehead atoms. The third-order valence-corrected chi connectivity index (χ3v) is 7.43. The fourth-order valence-electron chi connectivity index (χ4n) is 4.78. The first-order valence-corrected chi connectivity index (χ1v) is 14.0. The van der Waals surface area contributed by atoms with Gasteiger partial charge in [-0.05, 0) is 96.0 Å². The van der Waals surface area contributed by atoms with Gasteiger partial charge in [-0.25, -0.2) is 9.59 Å². The zero-order valence-electron chi connectivity index (χ0n) is 22.6. The van der Waals surface area contributed by atoms with Crippen molar-refractivity contribution in [1.29, 1.82) is 0 Å². The van der Waals surface area contributed by atoms with E-state index >= 15 is 0 Å². The predicted molar refractivity (Wildman–Crippen MR) is 167 cm³/mol. The molecule has 0 aliphatic heterocycles. The summed E-state index contributed by atoms with van der Waals surface area (Å²) in [6.45, 7) is 1.92. The Morgan fingerprint density at radius 3 is 1.85 bits per heavy atom. The van der Waals surface area contributed by atoms with Gasteiger partial charge in [0.1, 0.15) is 0 Å². The van der Waals surface area contributed by atoms with E-state index in [1.807, 2.05) is 55.5 Å². The minimum Gasteiger partial charge on any atom is -0.478 e. The van der Waals surface area contributed by atoms with Crippen LogP contribution in [0.25, 0.3) is 10.8 Å². The average molecular weight is 586 g/mol. The molecule has 0 fully saturated rings. The molecule has 5 aromatic rings. The fraction of sp³-hybridized carbons (Fsp3) is 0.143. The highest BCUT2D eigenvalue weighted by Crippen LogP contribution is 2.22. The summed E-state index contributed by atoms with van der Waals surface area (Å²) in [5.41, 5.74) is 5.72. The Morgan fingerprint density at radius 2 is 1.15 bits per heavy atom. The molecule has 0 aliphatic rings. The number of halogens is 2. The molecule has 0 saturated heterocycles. The number of carbonyl (C=O) groups is 2. The summed E-state index contributed by atoms with van der Waals surface area (Å²) in [7, 11) is 0. The highest BCUT2D eigenvalue weighted by Gasteiger charge is 2.12.